The van der Waals surface area contributed by atoms with E-state index in [2.05, 4.69) is 5.32 Å². The van der Waals surface area contributed by atoms with Gasteiger partial charge in [0.15, 0.2) is 0 Å². The Kier molecular flexibility index (Phi) is 5.03. The minimum atomic E-state index is -0.618. The van der Waals surface area contributed by atoms with E-state index in [4.69, 9.17) is 4.74 Å². The number of benzene rings is 3. The van der Waals surface area contributed by atoms with Gasteiger partial charge in [0.1, 0.15) is 11.6 Å². The molecule has 4 heteroatoms. The van der Waals surface area contributed by atoms with Crippen LogP contribution in [0.2, 0.25) is 0 Å². The monoisotopic (exact) mass is 377 g/mol. The molecule has 28 heavy (non-hydrogen) atoms. The largest absolute Gasteiger partial charge is 0.496 e. The van der Waals surface area contributed by atoms with E-state index in [1.54, 1.807) is 19.2 Å². The summed E-state index contributed by atoms with van der Waals surface area (Å²) in [4.78, 5) is 13.5. The number of methoxy groups -OCH3 is 1. The third kappa shape index (κ3) is 3.24. The van der Waals surface area contributed by atoms with E-state index in [9.17, 15) is 9.18 Å². The van der Waals surface area contributed by atoms with Crippen LogP contribution in [-0.2, 0) is 10.2 Å². The van der Waals surface area contributed by atoms with Gasteiger partial charge in [-0.1, -0.05) is 55.7 Å². The predicted molar refractivity (Wildman–Crippen MR) is 110 cm³/mol. The molecule has 0 unspecified atom stereocenters. The second kappa shape index (κ2) is 7.63. The molecule has 3 aromatic rings. The molecule has 0 aliphatic heterocycles. The van der Waals surface area contributed by atoms with E-state index in [0.29, 0.717) is 0 Å². The molecule has 0 spiro atoms. The molecular weight excluding hydrogens is 353 g/mol. The molecule has 0 saturated heterocycles. The summed E-state index contributed by atoms with van der Waals surface area (Å²) >= 11 is 0. The number of ether oxygens (including phenoxy) is 1. The van der Waals surface area contributed by atoms with Gasteiger partial charge >= 0.3 is 0 Å². The van der Waals surface area contributed by atoms with Crippen LogP contribution in [0.5, 0.6) is 5.75 Å². The minimum Gasteiger partial charge on any atom is -0.496 e. The van der Waals surface area contributed by atoms with Crippen molar-refractivity contribution in [3.05, 3.63) is 72.0 Å². The Morgan fingerprint density at radius 1 is 0.929 bits per heavy atom. The molecule has 1 amide bonds. The molecule has 144 valence electrons. The maximum Gasteiger partial charge on any atom is 0.235 e. The van der Waals surface area contributed by atoms with Gasteiger partial charge in [0.05, 0.1) is 12.5 Å². The number of amides is 1. The average Bonchev–Trinajstić information content (AvgIpc) is 2.75. The van der Waals surface area contributed by atoms with E-state index in [1.165, 1.54) is 12.1 Å². The summed E-state index contributed by atoms with van der Waals surface area (Å²) in [6, 6.07) is 18.1. The maximum atomic E-state index is 13.5. The van der Waals surface area contributed by atoms with E-state index >= 15 is 0 Å². The molecule has 0 radical (unpaired) electrons. The lowest BCUT2D eigenvalue weighted by molar-refractivity contribution is -0.122. The number of nitrogens with one attached hydrogen (secondary N) is 1. The molecule has 1 aliphatic carbocycles. The summed E-state index contributed by atoms with van der Waals surface area (Å²) in [6.45, 7) is 0. The van der Waals surface area contributed by atoms with E-state index < -0.39 is 5.41 Å². The first-order valence-corrected chi connectivity index (χ1v) is 9.77. The number of hydrogen-bond donors (Lipinski definition) is 1. The zero-order valence-corrected chi connectivity index (χ0v) is 16.0. The molecule has 1 saturated carbocycles. The van der Waals surface area contributed by atoms with Gasteiger partial charge in [-0.3, -0.25) is 4.79 Å². The van der Waals surface area contributed by atoms with Crippen LogP contribution in [0.3, 0.4) is 0 Å². The minimum absolute atomic E-state index is 0.0193. The van der Waals surface area contributed by atoms with Gasteiger partial charge in [0.2, 0.25) is 5.91 Å². The highest BCUT2D eigenvalue weighted by molar-refractivity contribution is 6.07. The molecular formula is C24H24FNO2. The van der Waals surface area contributed by atoms with Crippen LogP contribution in [0, 0.1) is 5.82 Å². The normalized spacial score (nSPS) is 15.9. The van der Waals surface area contributed by atoms with Crippen molar-refractivity contribution in [2.75, 3.05) is 12.4 Å². The Labute approximate surface area is 164 Å². The second-order valence-electron chi connectivity index (χ2n) is 7.46. The topological polar surface area (TPSA) is 38.3 Å². The van der Waals surface area contributed by atoms with Gasteiger partial charge in [0.25, 0.3) is 0 Å². The first kappa shape index (κ1) is 18.5. The van der Waals surface area contributed by atoms with Crippen molar-refractivity contribution in [2.45, 2.75) is 37.5 Å². The van der Waals surface area contributed by atoms with Gasteiger partial charge in [0, 0.05) is 16.5 Å². The fourth-order valence-corrected chi connectivity index (χ4v) is 4.37. The van der Waals surface area contributed by atoms with E-state index in [0.717, 1.165) is 59.9 Å². The van der Waals surface area contributed by atoms with E-state index in [-0.39, 0.29) is 11.7 Å². The summed E-state index contributed by atoms with van der Waals surface area (Å²) in [5, 5.41) is 5.08. The molecule has 0 bridgehead atoms. The number of anilines is 1. The molecule has 1 N–H and O–H groups in total. The van der Waals surface area contributed by atoms with E-state index in [1.807, 2.05) is 36.4 Å². The van der Waals surface area contributed by atoms with Crippen LogP contribution < -0.4 is 10.1 Å². The molecule has 4 rings (SSSR count). The average molecular weight is 377 g/mol. The Morgan fingerprint density at radius 3 is 2.29 bits per heavy atom. The van der Waals surface area contributed by atoms with Crippen molar-refractivity contribution >= 4 is 22.4 Å². The molecule has 0 atom stereocenters. The number of halogens is 1. The standard InChI is InChI=1S/C24H24FNO2/c1-28-22-14-13-21(19-7-3-4-8-20(19)22)26-23(27)24(15-5-2-6-16-24)17-9-11-18(25)12-10-17/h3-4,7-14H,2,5-6,15-16H2,1H3,(H,26,27). The van der Waals surface area contributed by atoms with Crippen molar-refractivity contribution in [1.29, 1.82) is 0 Å². The summed E-state index contributed by atoms with van der Waals surface area (Å²) < 4.78 is 18.9. The summed E-state index contributed by atoms with van der Waals surface area (Å²) in [5.41, 5.74) is 1.05. The van der Waals surface area contributed by atoms with Gasteiger partial charge in [-0.25, -0.2) is 4.39 Å². The van der Waals surface area contributed by atoms with Crippen molar-refractivity contribution in [2.24, 2.45) is 0 Å². The highest BCUT2D eigenvalue weighted by Crippen LogP contribution is 2.41. The Balaban J connectivity index is 1.73. The molecule has 0 aromatic heterocycles. The number of carbonyl (C=O) groups is 1. The summed E-state index contributed by atoms with van der Waals surface area (Å²) in [6.07, 6.45) is 4.67. The number of fused-ring (bicyclic) bond motifs is 1. The van der Waals surface area contributed by atoms with Gasteiger partial charge < -0.3 is 10.1 Å². The zero-order chi connectivity index (χ0) is 19.6. The van der Waals surface area contributed by atoms with Crippen LogP contribution in [0.25, 0.3) is 10.8 Å². The fourth-order valence-electron chi connectivity index (χ4n) is 4.37. The lowest BCUT2D eigenvalue weighted by atomic mass is 9.68. The zero-order valence-electron chi connectivity index (χ0n) is 16.0. The number of rotatable bonds is 4. The lowest BCUT2D eigenvalue weighted by Crippen LogP contribution is -2.42. The Hall–Kier alpha value is -2.88. The van der Waals surface area contributed by atoms with Crippen molar-refractivity contribution < 1.29 is 13.9 Å². The SMILES string of the molecule is COc1ccc(NC(=O)C2(c3ccc(F)cc3)CCCCC2)c2ccccc12. The number of carbonyl (C=O) groups excluding carboxylic acids is 1. The highest BCUT2D eigenvalue weighted by atomic mass is 19.1. The highest BCUT2D eigenvalue weighted by Gasteiger charge is 2.41. The fraction of sp³-hybridized carbons (Fsp3) is 0.292. The number of hydrogen-bond acceptors (Lipinski definition) is 2. The second-order valence-corrected chi connectivity index (χ2v) is 7.46. The maximum absolute atomic E-state index is 13.5. The summed E-state index contributed by atoms with van der Waals surface area (Å²) in [7, 11) is 1.64. The lowest BCUT2D eigenvalue weighted by Gasteiger charge is -2.36. The first-order valence-electron chi connectivity index (χ1n) is 9.77. The molecule has 3 nitrogen and oxygen atoms in total. The van der Waals surface area contributed by atoms with Gasteiger partial charge in [-0.2, -0.15) is 0 Å². The van der Waals surface area contributed by atoms with Crippen LogP contribution in [0.15, 0.2) is 60.7 Å². The van der Waals surface area contributed by atoms with Crippen LogP contribution in [-0.4, -0.2) is 13.0 Å². The molecule has 1 fully saturated rings. The Morgan fingerprint density at radius 2 is 1.61 bits per heavy atom. The van der Waals surface area contributed by atoms with Crippen molar-refractivity contribution in [1.82, 2.24) is 0 Å². The van der Waals surface area contributed by atoms with Crippen LogP contribution in [0.4, 0.5) is 10.1 Å². The Bertz CT molecular complexity index is 991. The molecule has 0 heterocycles. The molecule has 3 aromatic carbocycles. The van der Waals surface area contributed by atoms with Crippen molar-refractivity contribution in [3.63, 3.8) is 0 Å². The first-order chi connectivity index (χ1) is 13.6. The summed E-state index contributed by atoms with van der Waals surface area (Å²) in [5.74, 6) is 0.477. The van der Waals surface area contributed by atoms with Crippen LogP contribution in [0.1, 0.15) is 37.7 Å². The predicted octanol–water partition coefficient (Wildman–Crippen LogP) is 5.83. The third-order valence-electron chi connectivity index (χ3n) is 5.89. The van der Waals surface area contributed by atoms with Gasteiger partial charge in [-0.05, 0) is 42.7 Å². The third-order valence-corrected chi connectivity index (χ3v) is 5.89. The van der Waals surface area contributed by atoms with Crippen molar-refractivity contribution in [3.8, 4) is 5.75 Å². The quantitative estimate of drug-likeness (QED) is 0.621. The van der Waals surface area contributed by atoms with Crippen LogP contribution >= 0.6 is 0 Å². The molecule has 1 aliphatic rings. The smallest absolute Gasteiger partial charge is 0.235 e. The van der Waals surface area contributed by atoms with Gasteiger partial charge in [-0.15, -0.1) is 0 Å².